The number of thiol groups is 1. The van der Waals surface area contributed by atoms with Crippen LogP contribution in [0.15, 0.2) is 23.1 Å². The smallest absolute Gasteiger partial charge is 0.142 e. The number of hydrogen-bond acceptors (Lipinski definition) is 2. The normalized spacial score (nSPS) is 8.23. The molecule has 0 spiro atoms. The van der Waals surface area contributed by atoms with Crippen LogP contribution in [0, 0.1) is 17.1 Å². The number of nitriles is 1. The minimum atomic E-state index is -0.519. The van der Waals surface area contributed by atoms with E-state index in [0.29, 0.717) is 4.90 Å². The maximum Gasteiger partial charge on any atom is 0.142 e. The lowest BCUT2D eigenvalue weighted by Gasteiger charge is -1.92. The van der Waals surface area contributed by atoms with Crippen LogP contribution >= 0.6 is 12.6 Å². The van der Waals surface area contributed by atoms with Gasteiger partial charge in [-0.3, -0.25) is 0 Å². The quantitative estimate of drug-likeness (QED) is 0.633. The van der Waals surface area contributed by atoms with Crippen molar-refractivity contribution in [1.82, 2.24) is 0 Å². The van der Waals surface area contributed by atoms with Crippen molar-refractivity contribution in [1.29, 1.82) is 5.26 Å². The molecule has 1 aromatic rings. The molecule has 1 rings (SSSR count). The fourth-order valence-corrected chi connectivity index (χ4v) is 0.783. The van der Waals surface area contributed by atoms with Gasteiger partial charge in [-0.25, -0.2) is 4.39 Å². The summed E-state index contributed by atoms with van der Waals surface area (Å²) in [5.41, 5.74) is 0.0535. The van der Waals surface area contributed by atoms with Gasteiger partial charge in [-0.2, -0.15) is 5.26 Å². The molecule has 0 aliphatic carbocycles. The molecule has 0 amide bonds. The van der Waals surface area contributed by atoms with Crippen molar-refractivity contribution in [2.45, 2.75) is 25.2 Å². The maximum atomic E-state index is 12.6. The average molecular weight is 197 g/mol. The molecule has 0 atom stereocenters. The fraction of sp³-hybridized carbons (Fsp3) is 0.300. The van der Waals surface area contributed by atoms with Crippen LogP contribution in [0.1, 0.15) is 25.8 Å². The van der Waals surface area contributed by atoms with E-state index < -0.39 is 5.82 Å². The van der Waals surface area contributed by atoms with Crippen molar-refractivity contribution in [2.75, 3.05) is 0 Å². The van der Waals surface area contributed by atoms with Crippen LogP contribution in [0.4, 0.5) is 4.39 Å². The van der Waals surface area contributed by atoms with E-state index in [-0.39, 0.29) is 5.56 Å². The van der Waals surface area contributed by atoms with E-state index in [4.69, 9.17) is 5.26 Å². The Labute approximate surface area is 83.6 Å². The summed E-state index contributed by atoms with van der Waals surface area (Å²) in [5.74, 6) is -0.519. The standard InChI is InChI=1S/C7H4FNS.C3H8/c8-7-3-6(10)2-1-5(7)4-9;1-3-2/h1-3,10H;3H2,1-2H3. The van der Waals surface area contributed by atoms with Crippen molar-refractivity contribution in [3.8, 4) is 6.07 Å². The zero-order valence-corrected chi connectivity index (χ0v) is 8.61. The van der Waals surface area contributed by atoms with E-state index in [1.165, 1.54) is 18.6 Å². The first-order valence-corrected chi connectivity index (χ1v) is 4.49. The molecule has 0 aromatic heterocycles. The highest BCUT2D eigenvalue weighted by molar-refractivity contribution is 7.80. The topological polar surface area (TPSA) is 23.8 Å². The number of benzene rings is 1. The summed E-state index contributed by atoms with van der Waals surface area (Å²) in [4.78, 5) is 0.525. The van der Waals surface area contributed by atoms with Crippen LogP contribution in [-0.2, 0) is 0 Å². The minimum absolute atomic E-state index is 0.0535. The molecule has 0 saturated carbocycles. The molecular weight excluding hydrogens is 185 g/mol. The molecule has 0 aliphatic rings. The van der Waals surface area contributed by atoms with Gasteiger partial charge in [0.1, 0.15) is 11.9 Å². The molecule has 3 heteroatoms. The number of halogens is 1. The lowest BCUT2D eigenvalue weighted by Crippen LogP contribution is -1.81. The van der Waals surface area contributed by atoms with Crippen LogP contribution < -0.4 is 0 Å². The Balaban J connectivity index is 0.000000424. The van der Waals surface area contributed by atoms with Gasteiger partial charge in [-0.15, -0.1) is 12.6 Å². The molecule has 0 bridgehead atoms. The molecule has 0 fully saturated rings. The highest BCUT2D eigenvalue weighted by atomic mass is 32.1. The van der Waals surface area contributed by atoms with E-state index >= 15 is 0 Å². The van der Waals surface area contributed by atoms with E-state index in [0.717, 1.165) is 0 Å². The van der Waals surface area contributed by atoms with E-state index in [1.807, 2.05) is 0 Å². The molecule has 13 heavy (non-hydrogen) atoms. The van der Waals surface area contributed by atoms with Gasteiger partial charge < -0.3 is 0 Å². The third-order valence-electron chi connectivity index (χ3n) is 1.07. The van der Waals surface area contributed by atoms with Gasteiger partial charge in [0.2, 0.25) is 0 Å². The van der Waals surface area contributed by atoms with Crippen molar-refractivity contribution in [3.05, 3.63) is 29.6 Å². The molecule has 1 aromatic carbocycles. The van der Waals surface area contributed by atoms with Crippen molar-refractivity contribution >= 4 is 12.6 Å². The minimum Gasteiger partial charge on any atom is -0.206 e. The monoisotopic (exact) mass is 197 g/mol. The first-order chi connectivity index (χ1) is 6.15. The fourth-order valence-electron chi connectivity index (χ4n) is 0.595. The highest BCUT2D eigenvalue weighted by Crippen LogP contribution is 2.11. The number of hydrogen-bond donors (Lipinski definition) is 1. The molecule has 1 nitrogen and oxygen atoms in total. The zero-order chi connectivity index (χ0) is 10.3. The van der Waals surface area contributed by atoms with E-state index in [2.05, 4.69) is 26.5 Å². The predicted octanol–water partition coefficient (Wildman–Crippen LogP) is 3.40. The van der Waals surface area contributed by atoms with Gasteiger partial charge in [-0.1, -0.05) is 20.3 Å². The second-order valence-electron chi connectivity index (χ2n) is 2.48. The summed E-state index contributed by atoms with van der Waals surface area (Å²) >= 11 is 3.89. The number of nitrogens with zero attached hydrogens (tertiary/aromatic N) is 1. The van der Waals surface area contributed by atoms with Gasteiger partial charge in [0.25, 0.3) is 0 Å². The lowest BCUT2D eigenvalue weighted by atomic mass is 10.2. The molecule has 0 radical (unpaired) electrons. The van der Waals surface area contributed by atoms with Crippen LogP contribution in [-0.4, -0.2) is 0 Å². The molecular formula is C10H12FNS. The lowest BCUT2D eigenvalue weighted by molar-refractivity contribution is 0.620. The SMILES string of the molecule is CCC.N#Cc1ccc(S)cc1F. The summed E-state index contributed by atoms with van der Waals surface area (Å²) in [5, 5.41) is 8.29. The summed E-state index contributed by atoms with van der Waals surface area (Å²) in [6, 6.07) is 5.90. The Morgan fingerprint density at radius 1 is 1.46 bits per heavy atom. The summed E-state index contributed by atoms with van der Waals surface area (Å²) in [6.07, 6.45) is 1.25. The molecule has 0 N–H and O–H groups in total. The Morgan fingerprint density at radius 3 is 2.38 bits per heavy atom. The number of rotatable bonds is 0. The average Bonchev–Trinajstić information content (AvgIpc) is 2.06. The summed E-state index contributed by atoms with van der Waals surface area (Å²) < 4.78 is 12.6. The Bertz CT molecular complexity index is 304. The Hall–Kier alpha value is -1.01. The van der Waals surface area contributed by atoms with Gasteiger partial charge >= 0.3 is 0 Å². The van der Waals surface area contributed by atoms with E-state index in [1.54, 1.807) is 12.1 Å². The van der Waals surface area contributed by atoms with Crippen molar-refractivity contribution in [3.63, 3.8) is 0 Å². The predicted molar refractivity (Wildman–Crippen MR) is 54.3 cm³/mol. The van der Waals surface area contributed by atoms with Gasteiger partial charge in [0.05, 0.1) is 5.56 Å². The molecule has 0 saturated heterocycles. The maximum absolute atomic E-state index is 12.6. The van der Waals surface area contributed by atoms with E-state index in [9.17, 15) is 4.39 Å². The van der Waals surface area contributed by atoms with Crippen LogP contribution in [0.25, 0.3) is 0 Å². The van der Waals surface area contributed by atoms with Gasteiger partial charge in [-0.05, 0) is 18.2 Å². The van der Waals surface area contributed by atoms with Crippen LogP contribution in [0.5, 0.6) is 0 Å². The third kappa shape index (κ3) is 4.54. The third-order valence-corrected chi connectivity index (χ3v) is 1.35. The first-order valence-electron chi connectivity index (χ1n) is 4.04. The second kappa shape index (κ2) is 6.50. The largest absolute Gasteiger partial charge is 0.206 e. The molecule has 0 heterocycles. The van der Waals surface area contributed by atoms with Crippen molar-refractivity contribution in [2.24, 2.45) is 0 Å². The molecule has 70 valence electrons. The van der Waals surface area contributed by atoms with Crippen LogP contribution in [0.2, 0.25) is 0 Å². The first kappa shape index (κ1) is 12.0. The summed E-state index contributed by atoms with van der Waals surface area (Å²) in [7, 11) is 0. The van der Waals surface area contributed by atoms with Crippen molar-refractivity contribution < 1.29 is 4.39 Å². The Morgan fingerprint density at radius 2 is 2.00 bits per heavy atom. The van der Waals surface area contributed by atoms with Crippen LogP contribution in [0.3, 0.4) is 0 Å². The Kier molecular flexibility index (Phi) is 5.99. The second-order valence-corrected chi connectivity index (χ2v) is 3.00. The molecule has 0 aliphatic heterocycles. The molecule has 0 unspecified atom stereocenters. The van der Waals surface area contributed by atoms with Gasteiger partial charge in [0.15, 0.2) is 0 Å². The summed E-state index contributed by atoms with van der Waals surface area (Å²) in [6.45, 7) is 4.25. The highest BCUT2D eigenvalue weighted by Gasteiger charge is 1.98. The van der Waals surface area contributed by atoms with Gasteiger partial charge in [0, 0.05) is 4.90 Å². The zero-order valence-electron chi connectivity index (χ0n) is 7.71.